The van der Waals surface area contributed by atoms with Gasteiger partial charge in [0.2, 0.25) is 5.91 Å². The van der Waals surface area contributed by atoms with Crippen molar-refractivity contribution in [3.05, 3.63) is 48.3 Å². The number of hydrogen-bond donors (Lipinski definition) is 0. The van der Waals surface area contributed by atoms with E-state index in [0.29, 0.717) is 19.7 Å². The van der Waals surface area contributed by atoms with Crippen LogP contribution in [0.4, 0.5) is 0 Å². The van der Waals surface area contributed by atoms with Crippen LogP contribution in [-0.4, -0.2) is 42.6 Å². The zero-order valence-electron chi connectivity index (χ0n) is 13.4. The number of ether oxygens (including phenoxy) is 2. The second-order valence-electron chi connectivity index (χ2n) is 5.53. The van der Waals surface area contributed by atoms with Gasteiger partial charge in [-0.3, -0.25) is 9.78 Å². The number of carbonyl (C=O) groups is 1. The van der Waals surface area contributed by atoms with E-state index < -0.39 is 0 Å². The lowest BCUT2D eigenvalue weighted by molar-refractivity contribution is -0.136. The van der Waals surface area contributed by atoms with Crippen molar-refractivity contribution in [3.63, 3.8) is 0 Å². The predicted octanol–water partition coefficient (Wildman–Crippen LogP) is 2.68. The Hall–Kier alpha value is -2.40. The number of hydrogen-bond acceptors (Lipinski definition) is 4. The lowest BCUT2D eigenvalue weighted by Crippen LogP contribution is -2.41. The third-order valence-corrected chi connectivity index (χ3v) is 4.03. The van der Waals surface area contributed by atoms with E-state index in [1.54, 1.807) is 18.9 Å². The average molecular weight is 312 g/mol. The molecule has 120 valence electrons. The molecule has 0 aliphatic carbocycles. The second-order valence-corrected chi connectivity index (χ2v) is 5.53. The second kappa shape index (κ2) is 6.79. The van der Waals surface area contributed by atoms with Gasteiger partial charge in [-0.25, -0.2) is 0 Å². The molecule has 1 aliphatic heterocycles. The number of morpholine rings is 1. The van der Waals surface area contributed by atoms with Gasteiger partial charge in [0.15, 0.2) is 0 Å². The Morgan fingerprint density at radius 3 is 2.87 bits per heavy atom. The van der Waals surface area contributed by atoms with Crippen LogP contribution in [-0.2, 0) is 9.53 Å². The van der Waals surface area contributed by atoms with Gasteiger partial charge in [-0.05, 0) is 23.8 Å². The van der Waals surface area contributed by atoms with Crippen LogP contribution in [0.1, 0.15) is 18.7 Å². The molecule has 3 rings (SSSR count). The molecule has 5 heteroatoms. The van der Waals surface area contributed by atoms with Crippen LogP contribution in [0.15, 0.2) is 42.6 Å². The summed E-state index contributed by atoms with van der Waals surface area (Å²) in [5, 5.41) is 0. The van der Waals surface area contributed by atoms with Crippen LogP contribution in [0.2, 0.25) is 0 Å². The third kappa shape index (κ3) is 3.51. The molecular weight excluding hydrogens is 292 g/mol. The summed E-state index contributed by atoms with van der Waals surface area (Å²) in [4.78, 5) is 17.8. The number of benzene rings is 1. The molecule has 1 amide bonds. The molecule has 0 radical (unpaired) electrons. The first-order valence-corrected chi connectivity index (χ1v) is 7.65. The minimum atomic E-state index is -0.160. The molecule has 0 spiro atoms. The molecule has 1 aromatic heterocycles. The lowest BCUT2D eigenvalue weighted by Gasteiger charge is -2.32. The number of aromatic nitrogens is 1. The summed E-state index contributed by atoms with van der Waals surface area (Å²) in [6.07, 6.45) is 1.67. The first-order chi connectivity index (χ1) is 11.2. The number of rotatable bonds is 3. The summed E-state index contributed by atoms with van der Waals surface area (Å²) in [6, 6.07) is 11.9. The van der Waals surface area contributed by atoms with Gasteiger partial charge in [0.25, 0.3) is 0 Å². The molecular formula is C18H20N2O3. The largest absolute Gasteiger partial charge is 0.497 e. The first kappa shape index (κ1) is 15.5. The van der Waals surface area contributed by atoms with E-state index in [2.05, 4.69) is 4.98 Å². The van der Waals surface area contributed by atoms with Crippen molar-refractivity contribution in [3.8, 4) is 16.9 Å². The van der Waals surface area contributed by atoms with Crippen LogP contribution in [0.3, 0.4) is 0 Å². The molecule has 5 nitrogen and oxygen atoms in total. The van der Waals surface area contributed by atoms with Gasteiger partial charge >= 0.3 is 0 Å². The van der Waals surface area contributed by atoms with Crippen molar-refractivity contribution >= 4 is 5.91 Å². The van der Waals surface area contributed by atoms with Gasteiger partial charge in [-0.1, -0.05) is 18.2 Å². The summed E-state index contributed by atoms with van der Waals surface area (Å²) in [6.45, 7) is 3.33. The minimum absolute atomic E-state index is 0.0753. The molecule has 1 fully saturated rings. The molecule has 0 N–H and O–H groups in total. The highest BCUT2D eigenvalue weighted by Crippen LogP contribution is 2.26. The smallest absolute Gasteiger partial charge is 0.219 e. The topological polar surface area (TPSA) is 51.7 Å². The van der Waals surface area contributed by atoms with Gasteiger partial charge in [0, 0.05) is 25.2 Å². The SMILES string of the molecule is COc1cccc(-c2ccc(C3CN(C(C)=O)CCO3)nc2)c1. The van der Waals surface area contributed by atoms with Gasteiger partial charge < -0.3 is 14.4 Å². The Morgan fingerprint density at radius 1 is 1.30 bits per heavy atom. The standard InChI is InChI=1S/C18H20N2O3/c1-13(21)20-8-9-23-18(12-20)17-7-6-15(11-19-17)14-4-3-5-16(10-14)22-2/h3-7,10-11,18H,8-9,12H2,1-2H3. The number of nitrogens with zero attached hydrogens (tertiary/aromatic N) is 2. The fraction of sp³-hybridized carbons (Fsp3) is 0.333. The maximum Gasteiger partial charge on any atom is 0.219 e. The van der Waals surface area contributed by atoms with E-state index >= 15 is 0 Å². The van der Waals surface area contributed by atoms with Crippen LogP contribution < -0.4 is 4.74 Å². The molecule has 0 saturated carbocycles. The summed E-state index contributed by atoms with van der Waals surface area (Å²) in [5.74, 6) is 0.894. The highest BCUT2D eigenvalue weighted by Gasteiger charge is 2.24. The highest BCUT2D eigenvalue weighted by molar-refractivity contribution is 5.73. The van der Waals surface area contributed by atoms with E-state index in [4.69, 9.17) is 9.47 Å². The molecule has 1 saturated heterocycles. The predicted molar refractivity (Wildman–Crippen MR) is 87.2 cm³/mol. The van der Waals surface area contributed by atoms with E-state index in [-0.39, 0.29) is 12.0 Å². The van der Waals surface area contributed by atoms with E-state index in [1.165, 1.54) is 0 Å². The molecule has 1 aromatic carbocycles. The number of methoxy groups -OCH3 is 1. The normalized spacial score (nSPS) is 17.8. The monoisotopic (exact) mass is 312 g/mol. The lowest BCUT2D eigenvalue weighted by atomic mass is 10.1. The maximum atomic E-state index is 11.5. The van der Waals surface area contributed by atoms with Gasteiger partial charge in [-0.2, -0.15) is 0 Å². The molecule has 1 unspecified atom stereocenters. The highest BCUT2D eigenvalue weighted by atomic mass is 16.5. The van der Waals surface area contributed by atoms with E-state index in [1.807, 2.05) is 42.6 Å². The van der Waals surface area contributed by atoms with Crippen molar-refractivity contribution in [1.29, 1.82) is 0 Å². The van der Waals surface area contributed by atoms with Crippen molar-refractivity contribution in [2.45, 2.75) is 13.0 Å². The fourth-order valence-electron chi connectivity index (χ4n) is 2.68. The Labute approximate surface area is 135 Å². The summed E-state index contributed by atoms with van der Waals surface area (Å²) in [5.41, 5.74) is 2.92. The van der Waals surface area contributed by atoms with Crippen LogP contribution >= 0.6 is 0 Å². The minimum Gasteiger partial charge on any atom is -0.497 e. The Kier molecular flexibility index (Phi) is 4.57. The molecule has 2 heterocycles. The number of carbonyl (C=O) groups excluding carboxylic acids is 1. The zero-order valence-corrected chi connectivity index (χ0v) is 13.4. The Balaban J connectivity index is 1.77. The quantitative estimate of drug-likeness (QED) is 0.874. The zero-order chi connectivity index (χ0) is 16.2. The number of amides is 1. The molecule has 23 heavy (non-hydrogen) atoms. The van der Waals surface area contributed by atoms with Gasteiger partial charge in [0.05, 0.1) is 26.0 Å². The molecule has 1 atom stereocenters. The fourth-order valence-corrected chi connectivity index (χ4v) is 2.68. The van der Waals surface area contributed by atoms with Gasteiger partial charge in [-0.15, -0.1) is 0 Å². The molecule has 2 aromatic rings. The van der Waals surface area contributed by atoms with E-state index in [0.717, 1.165) is 22.6 Å². The van der Waals surface area contributed by atoms with Crippen molar-refractivity contribution in [2.75, 3.05) is 26.8 Å². The third-order valence-electron chi connectivity index (χ3n) is 4.03. The maximum absolute atomic E-state index is 11.5. The van der Waals surface area contributed by atoms with Crippen LogP contribution in [0.5, 0.6) is 5.75 Å². The summed E-state index contributed by atoms with van der Waals surface area (Å²) >= 11 is 0. The number of pyridine rings is 1. The average Bonchev–Trinajstić information content (AvgIpc) is 2.62. The molecule has 1 aliphatic rings. The van der Waals surface area contributed by atoms with Gasteiger partial charge in [0.1, 0.15) is 11.9 Å². The van der Waals surface area contributed by atoms with Crippen LogP contribution in [0, 0.1) is 0 Å². The summed E-state index contributed by atoms with van der Waals surface area (Å²) < 4.78 is 11.0. The molecule has 0 bridgehead atoms. The van der Waals surface area contributed by atoms with Crippen molar-refractivity contribution in [1.82, 2.24) is 9.88 Å². The first-order valence-electron chi connectivity index (χ1n) is 7.65. The summed E-state index contributed by atoms with van der Waals surface area (Å²) in [7, 11) is 1.65. The Morgan fingerprint density at radius 2 is 2.17 bits per heavy atom. The Bertz CT molecular complexity index is 685. The van der Waals surface area contributed by atoms with Crippen molar-refractivity contribution < 1.29 is 14.3 Å². The van der Waals surface area contributed by atoms with Crippen LogP contribution in [0.25, 0.3) is 11.1 Å². The van der Waals surface area contributed by atoms with E-state index in [9.17, 15) is 4.79 Å². The van der Waals surface area contributed by atoms with Crippen molar-refractivity contribution in [2.24, 2.45) is 0 Å².